The van der Waals surface area contributed by atoms with Crippen molar-refractivity contribution in [3.63, 3.8) is 0 Å². The molecule has 0 aromatic heterocycles. The highest BCUT2D eigenvalue weighted by molar-refractivity contribution is 5.31. The van der Waals surface area contributed by atoms with Crippen LogP contribution in [0.3, 0.4) is 0 Å². The van der Waals surface area contributed by atoms with Gasteiger partial charge >= 0.3 is 0 Å². The molecule has 2 unspecified atom stereocenters. The van der Waals surface area contributed by atoms with E-state index in [0.29, 0.717) is 12.0 Å². The molecule has 2 fully saturated rings. The molecular weight excluding hydrogens is 351 g/mol. The number of hydrogen-bond donors (Lipinski definition) is 0. The number of nitrogens with zero attached hydrogens (tertiary/aromatic N) is 2. The maximum absolute atomic E-state index is 14.5. The van der Waals surface area contributed by atoms with Crippen molar-refractivity contribution in [3.8, 4) is 0 Å². The van der Waals surface area contributed by atoms with Gasteiger partial charge in [-0.15, -0.1) is 0 Å². The number of hydrogen-bond acceptors (Lipinski definition) is 3. The Hall–Kier alpha value is -0.970. The molecule has 0 N–H and O–H groups in total. The topological polar surface area (TPSA) is 15.7 Å². The second kappa shape index (κ2) is 9.23. The lowest BCUT2D eigenvalue weighted by molar-refractivity contribution is -0.0454. The van der Waals surface area contributed by atoms with Crippen LogP contribution < -0.4 is 0 Å². The summed E-state index contributed by atoms with van der Waals surface area (Å²) in [7, 11) is 0. The molecule has 158 valence electrons. The van der Waals surface area contributed by atoms with Crippen LogP contribution in [-0.2, 0) is 10.2 Å². The lowest BCUT2D eigenvalue weighted by atomic mass is 9.82. The van der Waals surface area contributed by atoms with Gasteiger partial charge in [-0.3, -0.25) is 4.90 Å². The van der Waals surface area contributed by atoms with Crippen LogP contribution in [0, 0.1) is 11.7 Å². The third-order valence-corrected chi connectivity index (χ3v) is 6.43. The van der Waals surface area contributed by atoms with Gasteiger partial charge in [-0.2, -0.15) is 0 Å². The second-order valence-corrected chi connectivity index (χ2v) is 10.00. The Labute approximate surface area is 171 Å². The number of likely N-dealkylation sites (tertiary alicyclic amines) is 1. The molecule has 4 heteroatoms. The Kier molecular flexibility index (Phi) is 7.17. The van der Waals surface area contributed by atoms with Gasteiger partial charge in [0.05, 0.1) is 12.7 Å². The summed E-state index contributed by atoms with van der Waals surface area (Å²) < 4.78 is 20.6. The molecule has 3 nitrogen and oxygen atoms in total. The first-order chi connectivity index (χ1) is 13.2. The number of ether oxygens (including phenoxy) is 1. The maximum Gasteiger partial charge on any atom is 0.126 e. The molecule has 2 atom stereocenters. The third-order valence-electron chi connectivity index (χ3n) is 6.43. The first kappa shape index (κ1) is 21.7. The van der Waals surface area contributed by atoms with Crippen molar-refractivity contribution in [2.75, 3.05) is 45.9 Å². The minimum atomic E-state index is -0.0819. The van der Waals surface area contributed by atoms with Crippen molar-refractivity contribution >= 4 is 0 Å². The van der Waals surface area contributed by atoms with Crippen LogP contribution in [0.25, 0.3) is 0 Å². The van der Waals surface area contributed by atoms with Crippen molar-refractivity contribution in [2.45, 2.75) is 64.9 Å². The SMILES string of the molecule is CC(CC1CN(CC(C)(C)c2ccc(C(C)C)c(F)c2)CCO1)CN1CCC1. The molecule has 0 saturated carbocycles. The van der Waals surface area contributed by atoms with E-state index in [1.807, 2.05) is 19.9 Å². The molecule has 0 aliphatic carbocycles. The highest BCUT2D eigenvalue weighted by atomic mass is 19.1. The minimum absolute atomic E-state index is 0.0692. The minimum Gasteiger partial charge on any atom is -0.376 e. The Bertz CT molecular complexity index is 641. The van der Waals surface area contributed by atoms with E-state index in [0.717, 1.165) is 43.8 Å². The smallest absolute Gasteiger partial charge is 0.126 e. The lowest BCUT2D eigenvalue weighted by Gasteiger charge is -2.40. The van der Waals surface area contributed by atoms with E-state index in [4.69, 9.17) is 4.74 Å². The van der Waals surface area contributed by atoms with E-state index in [1.54, 1.807) is 6.07 Å². The summed E-state index contributed by atoms with van der Waals surface area (Å²) >= 11 is 0. The molecule has 2 aliphatic rings. The van der Waals surface area contributed by atoms with Crippen LogP contribution in [0.5, 0.6) is 0 Å². The first-order valence-corrected chi connectivity index (χ1v) is 11.1. The Morgan fingerprint density at radius 2 is 1.89 bits per heavy atom. The second-order valence-electron chi connectivity index (χ2n) is 10.00. The molecule has 0 amide bonds. The monoisotopic (exact) mass is 390 g/mol. The van der Waals surface area contributed by atoms with Gasteiger partial charge in [-0.05, 0) is 55.0 Å². The molecule has 1 aromatic carbocycles. The average Bonchev–Trinajstić information content (AvgIpc) is 2.57. The van der Waals surface area contributed by atoms with Gasteiger partial charge in [-0.25, -0.2) is 4.39 Å². The fraction of sp³-hybridized carbons (Fsp3) is 0.750. The van der Waals surface area contributed by atoms with Gasteiger partial charge in [0.25, 0.3) is 0 Å². The summed E-state index contributed by atoms with van der Waals surface area (Å²) in [5, 5.41) is 0. The zero-order chi connectivity index (χ0) is 20.3. The summed E-state index contributed by atoms with van der Waals surface area (Å²) in [6, 6.07) is 5.84. The van der Waals surface area contributed by atoms with E-state index < -0.39 is 0 Å². The molecule has 3 rings (SSSR count). The quantitative estimate of drug-likeness (QED) is 0.642. The molecule has 2 heterocycles. The van der Waals surface area contributed by atoms with E-state index >= 15 is 0 Å². The molecule has 1 aromatic rings. The Balaban J connectivity index is 1.56. The lowest BCUT2D eigenvalue weighted by Crippen LogP contribution is -2.48. The molecule has 2 saturated heterocycles. The predicted octanol–water partition coefficient (Wildman–Crippen LogP) is 4.66. The van der Waals surface area contributed by atoms with Gasteiger partial charge in [0, 0.05) is 31.6 Å². The van der Waals surface area contributed by atoms with Crippen molar-refractivity contribution in [3.05, 3.63) is 35.1 Å². The first-order valence-electron chi connectivity index (χ1n) is 11.1. The Morgan fingerprint density at radius 1 is 1.14 bits per heavy atom. The van der Waals surface area contributed by atoms with Gasteiger partial charge < -0.3 is 9.64 Å². The zero-order valence-electron chi connectivity index (χ0n) is 18.5. The van der Waals surface area contributed by atoms with Crippen LogP contribution in [0.1, 0.15) is 64.5 Å². The standard InChI is InChI=1S/C24H39FN2O/c1-18(2)22-8-7-20(14-23(22)25)24(4,5)17-27-11-12-28-21(16-27)13-19(3)15-26-9-6-10-26/h7-8,14,18-19,21H,6,9-13,15-17H2,1-5H3. The molecule has 2 aliphatic heterocycles. The normalized spacial score (nSPS) is 23.0. The number of rotatable bonds is 8. The van der Waals surface area contributed by atoms with E-state index in [9.17, 15) is 4.39 Å². The fourth-order valence-electron chi connectivity index (χ4n) is 4.66. The number of halogens is 1. The van der Waals surface area contributed by atoms with Gasteiger partial charge in [-0.1, -0.05) is 46.8 Å². The van der Waals surface area contributed by atoms with Crippen LogP contribution >= 0.6 is 0 Å². The average molecular weight is 391 g/mol. The zero-order valence-corrected chi connectivity index (χ0v) is 18.5. The van der Waals surface area contributed by atoms with Crippen molar-refractivity contribution in [1.29, 1.82) is 0 Å². The van der Waals surface area contributed by atoms with Crippen LogP contribution in [-0.4, -0.2) is 61.8 Å². The van der Waals surface area contributed by atoms with Crippen molar-refractivity contribution < 1.29 is 9.13 Å². The summed E-state index contributed by atoms with van der Waals surface area (Å²) in [4.78, 5) is 5.06. The van der Waals surface area contributed by atoms with Crippen molar-refractivity contribution in [2.24, 2.45) is 5.92 Å². The molecule has 0 bridgehead atoms. The summed E-state index contributed by atoms with van der Waals surface area (Å²) in [5.74, 6) is 0.826. The largest absolute Gasteiger partial charge is 0.376 e. The van der Waals surface area contributed by atoms with Gasteiger partial charge in [0.1, 0.15) is 5.82 Å². The highest BCUT2D eigenvalue weighted by Crippen LogP contribution is 2.29. The van der Waals surface area contributed by atoms with E-state index in [1.165, 1.54) is 26.1 Å². The third kappa shape index (κ3) is 5.55. The number of morpholine rings is 1. The van der Waals surface area contributed by atoms with Gasteiger partial charge in [0.15, 0.2) is 0 Å². The van der Waals surface area contributed by atoms with Crippen LogP contribution in [0.15, 0.2) is 18.2 Å². The van der Waals surface area contributed by atoms with Gasteiger partial charge in [0.2, 0.25) is 0 Å². The van der Waals surface area contributed by atoms with E-state index in [-0.39, 0.29) is 17.2 Å². The molecule has 0 radical (unpaired) electrons. The maximum atomic E-state index is 14.5. The summed E-state index contributed by atoms with van der Waals surface area (Å²) in [5.41, 5.74) is 1.81. The fourth-order valence-corrected chi connectivity index (χ4v) is 4.66. The molecule has 0 spiro atoms. The number of benzene rings is 1. The summed E-state index contributed by atoms with van der Waals surface area (Å²) in [6.07, 6.45) is 2.81. The highest BCUT2D eigenvalue weighted by Gasteiger charge is 2.30. The molecular formula is C24H39FN2O. The van der Waals surface area contributed by atoms with Crippen LogP contribution in [0.4, 0.5) is 4.39 Å². The predicted molar refractivity (Wildman–Crippen MR) is 115 cm³/mol. The van der Waals surface area contributed by atoms with Crippen molar-refractivity contribution in [1.82, 2.24) is 9.80 Å². The van der Waals surface area contributed by atoms with Crippen LogP contribution in [0.2, 0.25) is 0 Å². The molecule has 28 heavy (non-hydrogen) atoms. The van der Waals surface area contributed by atoms with E-state index in [2.05, 4.69) is 36.6 Å². The summed E-state index contributed by atoms with van der Waals surface area (Å²) in [6.45, 7) is 18.3. The Morgan fingerprint density at radius 3 is 2.50 bits per heavy atom.